The summed E-state index contributed by atoms with van der Waals surface area (Å²) < 4.78 is 0. The van der Waals surface area contributed by atoms with Crippen molar-refractivity contribution < 1.29 is 9.59 Å². The Kier molecular flexibility index (Phi) is 3.85. The molecule has 2 unspecified atom stereocenters. The first-order valence-corrected chi connectivity index (χ1v) is 8.24. The Morgan fingerprint density at radius 2 is 1.90 bits per heavy atom. The zero-order valence-corrected chi connectivity index (χ0v) is 12.5. The van der Waals surface area contributed by atoms with Crippen LogP contribution in [0.3, 0.4) is 0 Å². The molecular formula is C16H26N2O2. The molecule has 0 aromatic rings. The molecule has 2 saturated heterocycles. The molecule has 0 bridgehead atoms. The highest BCUT2D eigenvalue weighted by molar-refractivity contribution is 6.06. The summed E-state index contributed by atoms with van der Waals surface area (Å²) in [4.78, 5) is 26.9. The van der Waals surface area contributed by atoms with Crippen LogP contribution in [0.1, 0.15) is 64.7 Å². The number of piperidine rings is 1. The Morgan fingerprint density at radius 3 is 2.55 bits per heavy atom. The molecule has 1 spiro atoms. The van der Waals surface area contributed by atoms with Crippen LogP contribution in [0.25, 0.3) is 0 Å². The number of hydrogen-bond acceptors (Lipinski definition) is 3. The van der Waals surface area contributed by atoms with Gasteiger partial charge in [0.05, 0.1) is 11.5 Å². The van der Waals surface area contributed by atoms with Crippen molar-refractivity contribution in [2.45, 2.75) is 76.8 Å². The number of likely N-dealkylation sites (tertiary alicyclic amines) is 1. The van der Waals surface area contributed by atoms with Gasteiger partial charge in [-0.3, -0.25) is 14.5 Å². The van der Waals surface area contributed by atoms with E-state index in [1.54, 1.807) is 4.90 Å². The fraction of sp³-hybridized carbons (Fsp3) is 0.875. The van der Waals surface area contributed by atoms with Crippen LogP contribution in [-0.2, 0) is 9.59 Å². The number of carbonyl (C=O) groups excluding carboxylic acids is 2. The van der Waals surface area contributed by atoms with Gasteiger partial charge in [0.2, 0.25) is 11.8 Å². The van der Waals surface area contributed by atoms with Crippen LogP contribution >= 0.6 is 0 Å². The zero-order chi connectivity index (χ0) is 14.2. The van der Waals surface area contributed by atoms with Gasteiger partial charge < -0.3 is 5.32 Å². The van der Waals surface area contributed by atoms with E-state index < -0.39 is 0 Å². The Labute approximate surface area is 121 Å². The summed E-state index contributed by atoms with van der Waals surface area (Å²) in [6.45, 7) is 3.05. The first-order valence-electron chi connectivity index (χ1n) is 8.24. The van der Waals surface area contributed by atoms with Gasteiger partial charge in [0.25, 0.3) is 0 Å². The Bertz CT molecular complexity index is 395. The van der Waals surface area contributed by atoms with E-state index in [4.69, 9.17) is 0 Å². The lowest BCUT2D eigenvalue weighted by molar-refractivity contribution is -0.145. The first-order chi connectivity index (χ1) is 9.64. The van der Waals surface area contributed by atoms with E-state index >= 15 is 0 Å². The summed E-state index contributed by atoms with van der Waals surface area (Å²) in [7, 11) is 0. The lowest BCUT2D eigenvalue weighted by Crippen LogP contribution is -2.53. The second-order valence-electron chi connectivity index (χ2n) is 6.88. The van der Waals surface area contributed by atoms with E-state index in [1.165, 1.54) is 19.3 Å². The van der Waals surface area contributed by atoms with Crippen LogP contribution in [0.4, 0.5) is 0 Å². The molecule has 0 aromatic carbocycles. The summed E-state index contributed by atoms with van der Waals surface area (Å²) in [6.07, 6.45) is 9.18. The quantitative estimate of drug-likeness (QED) is 0.788. The largest absolute Gasteiger partial charge is 0.312 e. The van der Waals surface area contributed by atoms with Crippen LogP contribution in [0.15, 0.2) is 0 Å². The van der Waals surface area contributed by atoms with Crippen LogP contribution < -0.4 is 5.32 Å². The van der Waals surface area contributed by atoms with Crippen molar-refractivity contribution in [2.24, 2.45) is 5.41 Å². The second-order valence-corrected chi connectivity index (χ2v) is 6.88. The molecule has 1 aliphatic carbocycles. The Balaban J connectivity index is 1.75. The van der Waals surface area contributed by atoms with E-state index in [1.807, 2.05) is 6.92 Å². The van der Waals surface area contributed by atoms with Crippen molar-refractivity contribution in [1.82, 2.24) is 10.2 Å². The van der Waals surface area contributed by atoms with Gasteiger partial charge in [0.1, 0.15) is 0 Å². The summed E-state index contributed by atoms with van der Waals surface area (Å²) in [6, 6.07) is 0.298. The van der Waals surface area contributed by atoms with Crippen LogP contribution in [-0.4, -0.2) is 35.3 Å². The van der Waals surface area contributed by atoms with E-state index in [9.17, 15) is 9.59 Å². The Hall–Kier alpha value is -0.900. The molecule has 112 valence electrons. The van der Waals surface area contributed by atoms with E-state index in [-0.39, 0.29) is 29.3 Å². The van der Waals surface area contributed by atoms with Crippen molar-refractivity contribution in [3.05, 3.63) is 0 Å². The number of rotatable bonds is 2. The molecule has 4 heteroatoms. The molecular weight excluding hydrogens is 252 g/mol. The number of nitrogens with zero attached hydrogens (tertiary/aromatic N) is 1. The second kappa shape index (κ2) is 5.47. The molecule has 1 N–H and O–H groups in total. The molecule has 3 aliphatic rings. The molecule has 0 radical (unpaired) electrons. The molecule has 2 amide bonds. The van der Waals surface area contributed by atoms with E-state index in [0.717, 1.165) is 38.6 Å². The first kappa shape index (κ1) is 14.1. The molecule has 1 saturated carbocycles. The topological polar surface area (TPSA) is 49.4 Å². The molecule has 20 heavy (non-hydrogen) atoms. The lowest BCUT2D eigenvalue weighted by atomic mass is 9.73. The smallest absolute Gasteiger partial charge is 0.236 e. The average Bonchev–Trinajstić information content (AvgIpc) is 2.71. The number of imide groups is 1. The summed E-state index contributed by atoms with van der Waals surface area (Å²) >= 11 is 0. The average molecular weight is 278 g/mol. The summed E-state index contributed by atoms with van der Waals surface area (Å²) in [5, 5.41) is 3.48. The minimum Gasteiger partial charge on any atom is -0.312 e. The van der Waals surface area contributed by atoms with Crippen LogP contribution in [0, 0.1) is 5.41 Å². The maximum atomic E-state index is 12.9. The standard InChI is InChI=1S/C16H26N2O2/c1-12(13-7-3-6-10-17-13)18-14(19)11-16(15(18)20)8-4-2-5-9-16/h12-13,17H,2-11H2,1H3. The highest BCUT2D eigenvalue weighted by Gasteiger charge is 2.53. The maximum Gasteiger partial charge on any atom is 0.236 e. The third kappa shape index (κ3) is 2.28. The van der Waals surface area contributed by atoms with Gasteiger partial charge in [-0.2, -0.15) is 0 Å². The van der Waals surface area contributed by atoms with Gasteiger partial charge in [-0.1, -0.05) is 25.7 Å². The monoisotopic (exact) mass is 278 g/mol. The molecule has 3 fully saturated rings. The molecule has 3 rings (SSSR count). The van der Waals surface area contributed by atoms with Crippen molar-refractivity contribution in [1.29, 1.82) is 0 Å². The van der Waals surface area contributed by atoms with Crippen molar-refractivity contribution >= 4 is 11.8 Å². The molecule has 0 aromatic heterocycles. The fourth-order valence-electron chi connectivity index (χ4n) is 4.32. The highest BCUT2D eigenvalue weighted by Crippen LogP contribution is 2.46. The van der Waals surface area contributed by atoms with Gasteiger partial charge >= 0.3 is 0 Å². The van der Waals surface area contributed by atoms with Gasteiger partial charge in [-0.05, 0) is 39.2 Å². The number of amides is 2. The van der Waals surface area contributed by atoms with E-state index in [0.29, 0.717) is 6.42 Å². The van der Waals surface area contributed by atoms with Crippen LogP contribution in [0.5, 0.6) is 0 Å². The third-order valence-corrected chi connectivity index (χ3v) is 5.58. The van der Waals surface area contributed by atoms with Crippen molar-refractivity contribution in [2.75, 3.05) is 6.54 Å². The molecule has 2 aliphatic heterocycles. The fourth-order valence-corrected chi connectivity index (χ4v) is 4.32. The third-order valence-electron chi connectivity index (χ3n) is 5.58. The summed E-state index contributed by atoms with van der Waals surface area (Å²) in [5.74, 6) is 0.193. The predicted octanol–water partition coefficient (Wildman–Crippen LogP) is 2.23. The zero-order valence-electron chi connectivity index (χ0n) is 12.5. The maximum absolute atomic E-state index is 12.9. The molecule has 2 atom stereocenters. The molecule has 2 heterocycles. The number of nitrogens with one attached hydrogen (secondary N) is 1. The summed E-state index contributed by atoms with van der Waals surface area (Å²) in [5.41, 5.74) is -0.335. The lowest BCUT2D eigenvalue weighted by Gasteiger charge is -2.36. The molecule has 4 nitrogen and oxygen atoms in total. The van der Waals surface area contributed by atoms with Crippen molar-refractivity contribution in [3.8, 4) is 0 Å². The number of hydrogen-bond donors (Lipinski definition) is 1. The Morgan fingerprint density at radius 1 is 1.15 bits per heavy atom. The van der Waals surface area contributed by atoms with E-state index in [2.05, 4.69) is 5.32 Å². The van der Waals surface area contributed by atoms with Crippen molar-refractivity contribution in [3.63, 3.8) is 0 Å². The predicted molar refractivity (Wildman–Crippen MR) is 77.1 cm³/mol. The highest BCUT2D eigenvalue weighted by atomic mass is 16.2. The van der Waals surface area contributed by atoms with Gasteiger partial charge in [-0.15, -0.1) is 0 Å². The SMILES string of the molecule is CC(C1CCCCN1)N1C(=O)CC2(CCCCC2)C1=O. The number of carbonyl (C=O) groups is 2. The minimum absolute atomic E-state index is 0.0107. The van der Waals surface area contributed by atoms with Gasteiger partial charge in [-0.25, -0.2) is 0 Å². The normalized spacial score (nSPS) is 31.9. The minimum atomic E-state index is -0.335. The van der Waals surface area contributed by atoms with Gasteiger partial charge in [0, 0.05) is 12.5 Å². The van der Waals surface area contributed by atoms with Gasteiger partial charge in [0.15, 0.2) is 0 Å². The van der Waals surface area contributed by atoms with Crippen LogP contribution in [0.2, 0.25) is 0 Å².